The molecule has 0 aromatic carbocycles. The summed E-state index contributed by atoms with van der Waals surface area (Å²) in [7, 11) is 0. The molecular formula is C22H32N2O3. The average molecular weight is 373 g/mol. The van der Waals surface area contributed by atoms with Gasteiger partial charge in [-0.1, -0.05) is 32.1 Å². The molecule has 5 heteroatoms. The first-order valence-electron chi connectivity index (χ1n) is 10.5. The number of nitrogens with zero attached hydrogens (tertiary/aromatic N) is 1. The third kappa shape index (κ3) is 6.56. The SMILES string of the molecule is O=C(CCC1CCCCC1)NCC1CCN(C(=O)/C=C/c2ccco2)CC1. The lowest BCUT2D eigenvalue weighted by molar-refractivity contribution is -0.127. The van der Waals surface area contributed by atoms with Gasteiger partial charge in [-0.05, 0) is 49.3 Å². The molecule has 1 saturated heterocycles. The molecule has 1 aliphatic carbocycles. The molecule has 0 radical (unpaired) electrons. The molecular weight excluding hydrogens is 340 g/mol. The molecule has 1 aromatic heterocycles. The van der Waals surface area contributed by atoms with Crippen molar-refractivity contribution in [2.45, 2.75) is 57.8 Å². The Morgan fingerprint density at radius 1 is 1.11 bits per heavy atom. The zero-order valence-corrected chi connectivity index (χ0v) is 16.2. The number of nitrogens with one attached hydrogen (secondary N) is 1. The molecule has 1 N–H and O–H groups in total. The average Bonchev–Trinajstić information content (AvgIpc) is 3.24. The number of carbonyl (C=O) groups excluding carboxylic acids is 2. The number of hydrogen-bond acceptors (Lipinski definition) is 3. The number of amides is 2. The maximum atomic E-state index is 12.2. The fourth-order valence-electron chi connectivity index (χ4n) is 4.16. The van der Waals surface area contributed by atoms with Gasteiger partial charge in [0, 0.05) is 32.1 Å². The van der Waals surface area contributed by atoms with Crippen molar-refractivity contribution in [2.24, 2.45) is 11.8 Å². The van der Waals surface area contributed by atoms with Gasteiger partial charge in [0.2, 0.25) is 11.8 Å². The van der Waals surface area contributed by atoms with Gasteiger partial charge in [0.25, 0.3) is 0 Å². The Kier molecular flexibility index (Phi) is 7.55. The molecule has 1 saturated carbocycles. The summed E-state index contributed by atoms with van der Waals surface area (Å²) in [5, 5.41) is 3.11. The van der Waals surface area contributed by atoms with E-state index in [1.165, 1.54) is 32.1 Å². The first-order chi connectivity index (χ1) is 13.2. The molecule has 2 amide bonds. The first-order valence-corrected chi connectivity index (χ1v) is 10.5. The van der Waals surface area contributed by atoms with Crippen LogP contribution in [-0.4, -0.2) is 36.3 Å². The van der Waals surface area contributed by atoms with E-state index in [0.29, 0.717) is 18.1 Å². The molecule has 2 heterocycles. The number of piperidine rings is 1. The van der Waals surface area contributed by atoms with E-state index < -0.39 is 0 Å². The fourth-order valence-corrected chi connectivity index (χ4v) is 4.16. The van der Waals surface area contributed by atoms with Crippen LogP contribution in [0.15, 0.2) is 28.9 Å². The van der Waals surface area contributed by atoms with E-state index in [1.807, 2.05) is 11.0 Å². The lowest BCUT2D eigenvalue weighted by Crippen LogP contribution is -2.41. The summed E-state index contributed by atoms with van der Waals surface area (Å²) >= 11 is 0. The number of rotatable bonds is 7. The predicted molar refractivity (Wildman–Crippen MR) is 106 cm³/mol. The molecule has 0 unspecified atom stereocenters. The number of carbonyl (C=O) groups is 2. The lowest BCUT2D eigenvalue weighted by atomic mass is 9.86. The van der Waals surface area contributed by atoms with Crippen LogP contribution in [0.3, 0.4) is 0 Å². The van der Waals surface area contributed by atoms with Crippen LogP contribution in [-0.2, 0) is 9.59 Å². The van der Waals surface area contributed by atoms with Gasteiger partial charge >= 0.3 is 0 Å². The zero-order valence-electron chi connectivity index (χ0n) is 16.2. The van der Waals surface area contributed by atoms with Crippen LogP contribution < -0.4 is 5.32 Å². The summed E-state index contributed by atoms with van der Waals surface area (Å²) in [5.41, 5.74) is 0. The highest BCUT2D eigenvalue weighted by Gasteiger charge is 2.22. The maximum Gasteiger partial charge on any atom is 0.246 e. The molecule has 0 spiro atoms. The molecule has 0 bridgehead atoms. The van der Waals surface area contributed by atoms with Crippen LogP contribution in [0.2, 0.25) is 0 Å². The second kappa shape index (κ2) is 10.3. The minimum atomic E-state index is 0.0290. The normalized spacial score (nSPS) is 19.5. The van der Waals surface area contributed by atoms with E-state index in [1.54, 1.807) is 24.5 Å². The fraction of sp³-hybridized carbons (Fsp3) is 0.636. The van der Waals surface area contributed by atoms with Gasteiger partial charge in [-0.15, -0.1) is 0 Å². The number of hydrogen-bond donors (Lipinski definition) is 1. The van der Waals surface area contributed by atoms with Crippen molar-refractivity contribution in [1.29, 1.82) is 0 Å². The van der Waals surface area contributed by atoms with Gasteiger partial charge in [0.15, 0.2) is 0 Å². The van der Waals surface area contributed by atoms with Crippen LogP contribution in [0, 0.1) is 11.8 Å². The van der Waals surface area contributed by atoms with Crippen LogP contribution >= 0.6 is 0 Å². The van der Waals surface area contributed by atoms with Gasteiger partial charge in [-0.2, -0.15) is 0 Å². The third-order valence-electron chi connectivity index (χ3n) is 5.95. The molecule has 1 aromatic rings. The van der Waals surface area contributed by atoms with Crippen LogP contribution in [0.1, 0.15) is 63.5 Å². The van der Waals surface area contributed by atoms with Crippen LogP contribution in [0.5, 0.6) is 0 Å². The Labute approximate surface area is 162 Å². The van der Waals surface area contributed by atoms with Gasteiger partial charge < -0.3 is 14.6 Å². The molecule has 2 aliphatic rings. The van der Waals surface area contributed by atoms with Crippen molar-refractivity contribution in [3.05, 3.63) is 30.2 Å². The molecule has 1 aliphatic heterocycles. The van der Waals surface area contributed by atoms with Crippen molar-refractivity contribution >= 4 is 17.9 Å². The summed E-state index contributed by atoms with van der Waals surface area (Å²) in [4.78, 5) is 26.2. The standard InChI is InChI=1S/C22H32N2O3/c25-21(10-8-18-5-2-1-3-6-18)23-17-19-12-14-24(15-13-19)22(26)11-9-20-7-4-16-27-20/h4,7,9,11,16,18-19H,1-3,5-6,8,10,12-15,17H2,(H,23,25)/b11-9+. The number of likely N-dealkylation sites (tertiary alicyclic amines) is 1. The van der Waals surface area contributed by atoms with Crippen molar-refractivity contribution in [2.75, 3.05) is 19.6 Å². The van der Waals surface area contributed by atoms with Crippen molar-refractivity contribution in [1.82, 2.24) is 10.2 Å². The molecule has 2 fully saturated rings. The Hall–Kier alpha value is -2.04. The molecule has 0 atom stereocenters. The first kappa shape index (κ1) is 19.7. The smallest absolute Gasteiger partial charge is 0.246 e. The zero-order chi connectivity index (χ0) is 18.9. The lowest BCUT2D eigenvalue weighted by Gasteiger charge is -2.31. The Balaban J connectivity index is 1.29. The molecule has 5 nitrogen and oxygen atoms in total. The number of furan rings is 1. The summed E-state index contributed by atoms with van der Waals surface area (Å²) < 4.78 is 5.20. The highest BCUT2D eigenvalue weighted by molar-refractivity contribution is 5.91. The molecule has 3 rings (SSSR count). The monoisotopic (exact) mass is 372 g/mol. The van der Waals surface area contributed by atoms with E-state index in [-0.39, 0.29) is 11.8 Å². The van der Waals surface area contributed by atoms with Crippen molar-refractivity contribution in [3.63, 3.8) is 0 Å². The molecule has 27 heavy (non-hydrogen) atoms. The summed E-state index contributed by atoms with van der Waals surface area (Å²) in [5.74, 6) is 2.14. The van der Waals surface area contributed by atoms with E-state index >= 15 is 0 Å². The summed E-state index contributed by atoms with van der Waals surface area (Å²) in [6, 6.07) is 3.63. The van der Waals surface area contributed by atoms with Gasteiger partial charge in [-0.25, -0.2) is 0 Å². The summed E-state index contributed by atoms with van der Waals surface area (Å²) in [6.07, 6.45) is 15.1. The van der Waals surface area contributed by atoms with Gasteiger partial charge in [0.1, 0.15) is 5.76 Å². The quantitative estimate of drug-likeness (QED) is 0.736. The van der Waals surface area contributed by atoms with Gasteiger partial charge in [0.05, 0.1) is 6.26 Å². The topological polar surface area (TPSA) is 62.6 Å². The Morgan fingerprint density at radius 2 is 1.89 bits per heavy atom. The second-order valence-corrected chi connectivity index (χ2v) is 7.96. The van der Waals surface area contributed by atoms with Crippen molar-refractivity contribution < 1.29 is 14.0 Å². The Bertz CT molecular complexity index is 610. The highest BCUT2D eigenvalue weighted by atomic mass is 16.3. The Morgan fingerprint density at radius 3 is 2.59 bits per heavy atom. The highest BCUT2D eigenvalue weighted by Crippen LogP contribution is 2.27. The third-order valence-corrected chi connectivity index (χ3v) is 5.95. The maximum absolute atomic E-state index is 12.2. The predicted octanol–water partition coefficient (Wildman–Crippen LogP) is 4.01. The van der Waals surface area contributed by atoms with Crippen LogP contribution in [0.4, 0.5) is 0 Å². The van der Waals surface area contributed by atoms with Crippen LogP contribution in [0.25, 0.3) is 6.08 Å². The second-order valence-electron chi connectivity index (χ2n) is 7.96. The molecule has 148 valence electrons. The van der Waals surface area contributed by atoms with Gasteiger partial charge in [-0.3, -0.25) is 9.59 Å². The van der Waals surface area contributed by atoms with E-state index in [4.69, 9.17) is 4.42 Å². The van der Waals surface area contributed by atoms with E-state index in [9.17, 15) is 9.59 Å². The van der Waals surface area contributed by atoms with Crippen molar-refractivity contribution in [3.8, 4) is 0 Å². The van der Waals surface area contributed by atoms with E-state index in [2.05, 4.69) is 5.32 Å². The van der Waals surface area contributed by atoms with E-state index in [0.717, 1.165) is 44.8 Å². The minimum absolute atomic E-state index is 0.0290. The summed E-state index contributed by atoms with van der Waals surface area (Å²) in [6.45, 7) is 2.25. The largest absolute Gasteiger partial charge is 0.465 e. The minimum Gasteiger partial charge on any atom is -0.465 e.